The van der Waals surface area contributed by atoms with Gasteiger partial charge < -0.3 is 5.11 Å². The highest BCUT2D eigenvalue weighted by Crippen LogP contribution is 2.60. The van der Waals surface area contributed by atoms with Crippen molar-refractivity contribution in [2.45, 2.75) is 57.8 Å². The third-order valence-electron chi connectivity index (χ3n) is 6.49. The molecule has 2 fully saturated rings. The van der Waals surface area contributed by atoms with Gasteiger partial charge in [0, 0.05) is 0 Å². The number of aromatic hydroxyl groups is 1. The van der Waals surface area contributed by atoms with Crippen LogP contribution in [-0.4, -0.2) is 5.11 Å². The Morgan fingerprint density at radius 3 is 2.95 bits per heavy atom. The van der Waals surface area contributed by atoms with Gasteiger partial charge in [-0.05, 0) is 85.0 Å². The predicted octanol–water partition coefficient (Wildman–Crippen LogP) is 4.64. The van der Waals surface area contributed by atoms with Crippen LogP contribution in [0.2, 0.25) is 0 Å². The largest absolute Gasteiger partial charge is 0.508 e. The van der Waals surface area contributed by atoms with Crippen LogP contribution in [0.1, 0.15) is 62.5 Å². The van der Waals surface area contributed by atoms with E-state index >= 15 is 0 Å². The first kappa shape index (κ1) is 11.8. The van der Waals surface area contributed by atoms with Gasteiger partial charge in [-0.3, -0.25) is 0 Å². The molecule has 4 rings (SSSR count). The van der Waals surface area contributed by atoms with Crippen LogP contribution in [0.25, 0.3) is 0 Å². The van der Waals surface area contributed by atoms with Crippen LogP contribution in [0.5, 0.6) is 5.75 Å². The van der Waals surface area contributed by atoms with E-state index in [-0.39, 0.29) is 0 Å². The molecule has 1 aromatic carbocycles. The lowest BCUT2D eigenvalue weighted by molar-refractivity contribution is 0.0598. The van der Waals surface area contributed by atoms with Gasteiger partial charge in [-0.1, -0.05) is 19.4 Å². The van der Waals surface area contributed by atoms with Gasteiger partial charge in [0.1, 0.15) is 5.75 Å². The van der Waals surface area contributed by atoms with Crippen LogP contribution >= 0.6 is 0 Å². The SMILES string of the molecule is C[C@@]12CCC[C@@H]1[C@@H]1CCc3cc(O)ccc3[C@@H]1CC2. The summed E-state index contributed by atoms with van der Waals surface area (Å²) in [5.74, 6) is 3.10. The summed E-state index contributed by atoms with van der Waals surface area (Å²) in [7, 11) is 0. The molecule has 0 saturated heterocycles. The zero-order valence-electron chi connectivity index (χ0n) is 11.9. The molecular weight excluding hydrogens is 232 g/mol. The Balaban J connectivity index is 1.72. The summed E-state index contributed by atoms with van der Waals surface area (Å²) in [6, 6.07) is 6.11. The average molecular weight is 256 g/mol. The molecule has 1 N–H and O–H groups in total. The summed E-state index contributed by atoms with van der Waals surface area (Å²) in [5.41, 5.74) is 3.63. The second-order valence-electron chi connectivity index (χ2n) is 7.38. The average Bonchev–Trinajstić information content (AvgIpc) is 2.79. The molecule has 0 aromatic heterocycles. The van der Waals surface area contributed by atoms with E-state index in [4.69, 9.17) is 0 Å². The Bertz CT molecular complexity index is 506. The third kappa shape index (κ3) is 1.67. The van der Waals surface area contributed by atoms with Crippen molar-refractivity contribution in [1.29, 1.82) is 0 Å². The molecule has 0 radical (unpaired) electrons. The Labute approximate surface area is 116 Å². The van der Waals surface area contributed by atoms with Gasteiger partial charge in [0.25, 0.3) is 0 Å². The topological polar surface area (TPSA) is 20.2 Å². The number of fused-ring (bicyclic) bond motifs is 5. The number of hydrogen-bond acceptors (Lipinski definition) is 1. The van der Waals surface area contributed by atoms with Crippen molar-refractivity contribution in [1.82, 2.24) is 0 Å². The summed E-state index contributed by atoms with van der Waals surface area (Å²) in [4.78, 5) is 0. The maximum absolute atomic E-state index is 9.68. The highest BCUT2D eigenvalue weighted by atomic mass is 16.3. The third-order valence-corrected chi connectivity index (χ3v) is 6.49. The van der Waals surface area contributed by atoms with E-state index in [1.807, 2.05) is 12.1 Å². The molecule has 3 aliphatic rings. The number of phenolic OH excluding ortho intramolecular Hbond substituents is 1. The Morgan fingerprint density at radius 2 is 2.05 bits per heavy atom. The van der Waals surface area contributed by atoms with Crippen molar-refractivity contribution in [3.8, 4) is 5.75 Å². The number of phenols is 1. The van der Waals surface area contributed by atoms with Crippen molar-refractivity contribution in [3.05, 3.63) is 29.3 Å². The molecule has 1 aromatic rings. The standard InChI is InChI=1S/C18H24O/c1-18-9-2-3-17(18)16-6-4-12-11-13(19)5-7-14(12)15(16)8-10-18/h5,7,11,15-17,19H,2-4,6,8-10H2,1H3/t15-,16+,17+,18-/m0/s1. The second-order valence-corrected chi connectivity index (χ2v) is 7.38. The fraction of sp³-hybridized carbons (Fsp3) is 0.667. The van der Waals surface area contributed by atoms with Gasteiger partial charge in [0.2, 0.25) is 0 Å². The van der Waals surface area contributed by atoms with E-state index in [1.165, 1.54) is 50.5 Å². The van der Waals surface area contributed by atoms with Gasteiger partial charge in [-0.25, -0.2) is 0 Å². The van der Waals surface area contributed by atoms with Gasteiger partial charge >= 0.3 is 0 Å². The van der Waals surface area contributed by atoms with Crippen molar-refractivity contribution in [2.24, 2.45) is 17.3 Å². The molecule has 1 nitrogen and oxygen atoms in total. The Hall–Kier alpha value is -0.980. The smallest absolute Gasteiger partial charge is 0.115 e. The monoisotopic (exact) mass is 256 g/mol. The first-order valence-corrected chi connectivity index (χ1v) is 7.99. The second kappa shape index (κ2) is 4.01. The quantitative estimate of drug-likeness (QED) is 0.717. The summed E-state index contributed by atoms with van der Waals surface area (Å²) in [5, 5.41) is 9.68. The van der Waals surface area contributed by atoms with Gasteiger partial charge in [-0.15, -0.1) is 0 Å². The van der Waals surface area contributed by atoms with E-state index in [9.17, 15) is 5.11 Å². The zero-order chi connectivity index (χ0) is 13.0. The van der Waals surface area contributed by atoms with Gasteiger partial charge in [-0.2, -0.15) is 0 Å². The summed E-state index contributed by atoms with van der Waals surface area (Å²) in [6.45, 7) is 2.55. The minimum absolute atomic E-state index is 0.443. The van der Waals surface area contributed by atoms with Gasteiger partial charge in [0.15, 0.2) is 0 Å². The van der Waals surface area contributed by atoms with Crippen molar-refractivity contribution >= 4 is 0 Å². The fourth-order valence-corrected chi connectivity index (χ4v) is 5.56. The molecule has 2 saturated carbocycles. The van der Waals surface area contributed by atoms with Crippen LogP contribution in [0.4, 0.5) is 0 Å². The summed E-state index contributed by atoms with van der Waals surface area (Å²) < 4.78 is 0. The molecule has 0 heterocycles. The zero-order valence-corrected chi connectivity index (χ0v) is 11.9. The fourth-order valence-electron chi connectivity index (χ4n) is 5.56. The van der Waals surface area contributed by atoms with Crippen LogP contribution in [0, 0.1) is 17.3 Å². The maximum Gasteiger partial charge on any atom is 0.115 e. The lowest BCUT2D eigenvalue weighted by Gasteiger charge is -2.49. The van der Waals surface area contributed by atoms with E-state index in [1.54, 1.807) is 5.56 Å². The van der Waals surface area contributed by atoms with E-state index < -0.39 is 0 Å². The normalized spacial score (nSPS) is 40.4. The van der Waals surface area contributed by atoms with Crippen molar-refractivity contribution < 1.29 is 5.11 Å². The minimum atomic E-state index is 0.443. The van der Waals surface area contributed by atoms with Crippen LogP contribution in [-0.2, 0) is 6.42 Å². The highest BCUT2D eigenvalue weighted by Gasteiger charge is 2.50. The Kier molecular flexibility index (Phi) is 2.49. The number of hydrogen-bond donors (Lipinski definition) is 1. The number of aryl methyl sites for hydroxylation is 1. The van der Waals surface area contributed by atoms with E-state index in [0.29, 0.717) is 11.2 Å². The first-order chi connectivity index (χ1) is 9.17. The molecule has 3 aliphatic carbocycles. The molecule has 0 unspecified atom stereocenters. The summed E-state index contributed by atoms with van der Waals surface area (Å²) >= 11 is 0. The molecule has 0 bridgehead atoms. The molecule has 4 atom stereocenters. The lowest BCUT2D eigenvalue weighted by Crippen LogP contribution is -2.39. The van der Waals surface area contributed by atoms with Gasteiger partial charge in [0.05, 0.1) is 0 Å². The number of rotatable bonds is 0. The van der Waals surface area contributed by atoms with E-state index in [2.05, 4.69) is 13.0 Å². The molecule has 19 heavy (non-hydrogen) atoms. The van der Waals surface area contributed by atoms with E-state index in [0.717, 1.165) is 17.8 Å². The Morgan fingerprint density at radius 1 is 1.16 bits per heavy atom. The van der Waals surface area contributed by atoms with Crippen LogP contribution in [0.15, 0.2) is 18.2 Å². The molecule has 0 amide bonds. The van der Waals surface area contributed by atoms with Crippen molar-refractivity contribution in [3.63, 3.8) is 0 Å². The molecule has 0 spiro atoms. The minimum Gasteiger partial charge on any atom is -0.508 e. The highest BCUT2D eigenvalue weighted by molar-refractivity contribution is 5.40. The van der Waals surface area contributed by atoms with Crippen molar-refractivity contribution in [2.75, 3.05) is 0 Å². The first-order valence-electron chi connectivity index (χ1n) is 7.99. The predicted molar refractivity (Wildman–Crippen MR) is 77.3 cm³/mol. The molecule has 102 valence electrons. The van der Waals surface area contributed by atoms with Crippen LogP contribution < -0.4 is 0 Å². The maximum atomic E-state index is 9.68. The van der Waals surface area contributed by atoms with Crippen LogP contribution in [0.3, 0.4) is 0 Å². The lowest BCUT2D eigenvalue weighted by atomic mass is 9.56. The summed E-state index contributed by atoms with van der Waals surface area (Å²) in [6.07, 6.45) is 9.69. The molecule has 1 heteroatoms. The molecule has 0 aliphatic heterocycles. The molecular formula is C18H24O. The number of benzene rings is 1.